The lowest BCUT2D eigenvalue weighted by Gasteiger charge is -2.41. The Hall–Kier alpha value is -0.870. The summed E-state index contributed by atoms with van der Waals surface area (Å²) in [6.07, 6.45) is 13.5. The van der Waals surface area contributed by atoms with E-state index in [0.717, 1.165) is 31.1 Å². The lowest BCUT2D eigenvalue weighted by Crippen LogP contribution is -2.48. The van der Waals surface area contributed by atoms with E-state index in [9.17, 15) is 0 Å². The van der Waals surface area contributed by atoms with E-state index in [4.69, 9.17) is 0 Å². The Morgan fingerprint density at radius 3 is 2.77 bits per heavy atom. The lowest BCUT2D eigenvalue weighted by molar-refractivity contribution is 0.100. The second-order valence-corrected chi connectivity index (χ2v) is 7.31. The summed E-state index contributed by atoms with van der Waals surface area (Å²) in [5.74, 6) is 0.942. The monoisotopic (exact) mass is 304 g/mol. The number of hydrogen-bond donors (Lipinski definition) is 1. The van der Waals surface area contributed by atoms with Crippen LogP contribution in [0.3, 0.4) is 0 Å². The molecule has 0 unspecified atom stereocenters. The van der Waals surface area contributed by atoms with Crippen molar-refractivity contribution in [3.8, 4) is 0 Å². The average Bonchev–Trinajstić information content (AvgIpc) is 3.06. The Labute approximate surface area is 135 Å². The number of hydrogen-bond acceptors (Lipinski definition) is 3. The van der Waals surface area contributed by atoms with Crippen LogP contribution in [0.25, 0.3) is 0 Å². The number of rotatable bonds is 6. The Balaban J connectivity index is 1.30. The zero-order valence-corrected chi connectivity index (χ0v) is 14.1. The molecule has 2 atom stereocenters. The molecule has 124 valence electrons. The van der Waals surface area contributed by atoms with Gasteiger partial charge in [-0.1, -0.05) is 19.8 Å². The topological polar surface area (TPSA) is 33.1 Å². The number of nitrogens with one attached hydrogen (secondary N) is 1. The Kier molecular flexibility index (Phi) is 5.90. The SMILES string of the molecule is C[C@@H]1CCC[C@@H](N2CCC(NCCCn3cccn3)CC2)C1. The van der Waals surface area contributed by atoms with Crippen LogP contribution in [0.15, 0.2) is 18.5 Å². The van der Waals surface area contributed by atoms with Crippen molar-refractivity contribution in [2.24, 2.45) is 5.92 Å². The molecule has 1 saturated carbocycles. The van der Waals surface area contributed by atoms with Crippen LogP contribution in [-0.2, 0) is 6.54 Å². The molecule has 1 aromatic heterocycles. The van der Waals surface area contributed by atoms with Gasteiger partial charge in [0.05, 0.1) is 0 Å². The first-order valence-electron chi connectivity index (χ1n) is 9.26. The van der Waals surface area contributed by atoms with Crippen LogP contribution in [0.5, 0.6) is 0 Å². The maximum absolute atomic E-state index is 4.25. The summed E-state index contributed by atoms with van der Waals surface area (Å²) in [7, 11) is 0. The van der Waals surface area contributed by atoms with Gasteiger partial charge in [-0.25, -0.2) is 0 Å². The molecule has 1 aromatic rings. The highest BCUT2D eigenvalue weighted by molar-refractivity contribution is 4.84. The second-order valence-electron chi connectivity index (χ2n) is 7.31. The third-order valence-electron chi connectivity index (χ3n) is 5.51. The van der Waals surface area contributed by atoms with Gasteiger partial charge in [0.1, 0.15) is 0 Å². The lowest BCUT2D eigenvalue weighted by atomic mass is 9.85. The highest BCUT2D eigenvalue weighted by Gasteiger charge is 2.27. The van der Waals surface area contributed by atoms with Crippen LogP contribution in [-0.4, -0.2) is 46.4 Å². The molecule has 0 spiro atoms. The highest BCUT2D eigenvalue weighted by atomic mass is 15.3. The largest absolute Gasteiger partial charge is 0.314 e. The van der Waals surface area contributed by atoms with Gasteiger partial charge >= 0.3 is 0 Å². The maximum atomic E-state index is 4.25. The van der Waals surface area contributed by atoms with Crippen molar-refractivity contribution in [2.45, 2.75) is 70.5 Å². The van der Waals surface area contributed by atoms with Crippen molar-refractivity contribution in [3.63, 3.8) is 0 Å². The molecule has 1 aliphatic carbocycles. The van der Waals surface area contributed by atoms with Gasteiger partial charge < -0.3 is 10.2 Å². The molecule has 4 nitrogen and oxygen atoms in total. The minimum absolute atomic E-state index is 0.731. The van der Waals surface area contributed by atoms with E-state index in [0.29, 0.717) is 0 Å². The van der Waals surface area contributed by atoms with E-state index in [1.807, 2.05) is 23.1 Å². The van der Waals surface area contributed by atoms with Gasteiger partial charge in [-0.05, 0) is 63.7 Å². The van der Waals surface area contributed by atoms with E-state index >= 15 is 0 Å². The van der Waals surface area contributed by atoms with Crippen molar-refractivity contribution in [2.75, 3.05) is 19.6 Å². The van der Waals surface area contributed by atoms with Gasteiger partial charge in [-0.15, -0.1) is 0 Å². The molecule has 1 saturated heterocycles. The molecular formula is C18H32N4. The third-order valence-corrected chi connectivity index (χ3v) is 5.51. The smallest absolute Gasteiger partial charge is 0.0489 e. The Morgan fingerprint density at radius 2 is 2.05 bits per heavy atom. The molecule has 0 aromatic carbocycles. The summed E-state index contributed by atoms with van der Waals surface area (Å²) in [6, 6.07) is 3.61. The van der Waals surface area contributed by atoms with E-state index in [1.165, 1.54) is 58.0 Å². The molecule has 22 heavy (non-hydrogen) atoms. The fraction of sp³-hybridized carbons (Fsp3) is 0.833. The van der Waals surface area contributed by atoms with Crippen molar-refractivity contribution >= 4 is 0 Å². The van der Waals surface area contributed by atoms with Crippen LogP contribution in [0.4, 0.5) is 0 Å². The number of likely N-dealkylation sites (tertiary alicyclic amines) is 1. The fourth-order valence-corrected chi connectivity index (χ4v) is 4.18. The van der Waals surface area contributed by atoms with Crippen molar-refractivity contribution in [1.29, 1.82) is 0 Å². The summed E-state index contributed by atoms with van der Waals surface area (Å²) >= 11 is 0. The van der Waals surface area contributed by atoms with Crippen molar-refractivity contribution < 1.29 is 0 Å². The van der Waals surface area contributed by atoms with Crippen LogP contribution in [0.1, 0.15) is 51.9 Å². The van der Waals surface area contributed by atoms with Gasteiger partial charge in [0.15, 0.2) is 0 Å². The minimum atomic E-state index is 0.731. The van der Waals surface area contributed by atoms with Crippen molar-refractivity contribution in [3.05, 3.63) is 18.5 Å². The third kappa shape index (κ3) is 4.56. The second kappa shape index (κ2) is 8.11. The zero-order chi connectivity index (χ0) is 15.2. The standard InChI is InChI=1S/C18H32N4/c1-16-5-2-6-18(15-16)21-13-7-17(8-14-21)19-9-3-11-22-12-4-10-20-22/h4,10,12,16-19H,2-3,5-9,11,13-15H2,1H3/t16-,18-/m1/s1. The summed E-state index contributed by atoms with van der Waals surface area (Å²) in [4.78, 5) is 2.78. The first-order chi connectivity index (χ1) is 10.8. The molecule has 3 rings (SSSR count). The fourth-order valence-electron chi connectivity index (χ4n) is 4.18. The molecule has 0 radical (unpaired) electrons. The quantitative estimate of drug-likeness (QED) is 0.820. The molecule has 4 heteroatoms. The normalized spacial score (nSPS) is 28.0. The number of aryl methyl sites for hydroxylation is 1. The number of nitrogens with zero attached hydrogens (tertiary/aromatic N) is 3. The molecular weight excluding hydrogens is 272 g/mol. The Morgan fingerprint density at radius 1 is 1.18 bits per heavy atom. The van der Waals surface area contributed by atoms with Crippen LogP contribution >= 0.6 is 0 Å². The molecule has 2 heterocycles. The number of aromatic nitrogens is 2. The van der Waals surface area contributed by atoms with Gasteiger partial charge in [0.2, 0.25) is 0 Å². The van der Waals surface area contributed by atoms with Gasteiger partial charge in [0, 0.05) is 31.0 Å². The first-order valence-corrected chi connectivity index (χ1v) is 9.26. The van der Waals surface area contributed by atoms with Gasteiger partial charge in [-0.2, -0.15) is 5.10 Å². The van der Waals surface area contributed by atoms with E-state index in [2.05, 4.69) is 22.2 Å². The molecule has 2 fully saturated rings. The van der Waals surface area contributed by atoms with Crippen LogP contribution < -0.4 is 5.32 Å². The zero-order valence-electron chi connectivity index (χ0n) is 14.1. The van der Waals surface area contributed by atoms with Crippen LogP contribution in [0.2, 0.25) is 0 Å². The molecule has 0 amide bonds. The van der Waals surface area contributed by atoms with E-state index < -0.39 is 0 Å². The van der Waals surface area contributed by atoms with Crippen molar-refractivity contribution in [1.82, 2.24) is 20.0 Å². The summed E-state index contributed by atoms with van der Waals surface area (Å²) in [6.45, 7) is 7.17. The average molecular weight is 304 g/mol. The maximum Gasteiger partial charge on any atom is 0.0489 e. The molecule has 2 aliphatic rings. The van der Waals surface area contributed by atoms with E-state index in [-0.39, 0.29) is 0 Å². The molecule has 1 N–H and O–H groups in total. The predicted molar refractivity (Wildman–Crippen MR) is 90.9 cm³/mol. The highest BCUT2D eigenvalue weighted by Crippen LogP contribution is 2.29. The van der Waals surface area contributed by atoms with Gasteiger partial charge in [0.25, 0.3) is 0 Å². The van der Waals surface area contributed by atoms with E-state index in [1.54, 1.807) is 0 Å². The van der Waals surface area contributed by atoms with Crippen LogP contribution in [0, 0.1) is 5.92 Å². The molecule has 0 bridgehead atoms. The molecule has 1 aliphatic heterocycles. The first kappa shape index (κ1) is 16.0. The predicted octanol–water partition coefficient (Wildman–Crippen LogP) is 2.91. The Bertz CT molecular complexity index is 409. The minimum Gasteiger partial charge on any atom is -0.314 e. The summed E-state index contributed by atoms with van der Waals surface area (Å²) < 4.78 is 2.02. The summed E-state index contributed by atoms with van der Waals surface area (Å²) in [5, 5.41) is 8.00. The number of piperidine rings is 1. The summed E-state index contributed by atoms with van der Waals surface area (Å²) in [5.41, 5.74) is 0. The van der Waals surface area contributed by atoms with Gasteiger partial charge in [-0.3, -0.25) is 4.68 Å².